The molecule has 0 unspecified atom stereocenters. The minimum Gasteiger partial charge on any atom is -0.464 e. The van der Waals surface area contributed by atoms with Gasteiger partial charge in [-0.05, 0) is 34.9 Å². The van der Waals surface area contributed by atoms with Gasteiger partial charge in [-0.1, -0.05) is 24.3 Å². The van der Waals surface area contributed by atoms with Crippen molar-refractivity contribution in [3.63, 3.8) is 0 Å². The van der Waals surface area contributed by atoms with Crippen LogP contribution in [0.1, 0.15) is 5.56 Å². The zero-order valence-electron chi connectivity index (χ0n) is 10.2. The van der Waals surface area contributed by atoms with Gasteiger partial charge in [0, 0.05) is 6.07 Å². The largest absolute Gasteiger partial charge is 0.464 e. The van der Waals surface area contributed by atoms with E-state index < -0.39 is 0 Å². The van der Waals surface area contributed by atoms with Crippen LogP contribution in [0.5, 0.6) is 0 Å². The smallest absolute Gasteiger partial charge is 0.192 e. The normalized spacial score (nSPS) is 10.8. The molecule has 0 fully saturated rings. The highest BCUT2D eigenvalue weighted by atomic mass is 16.3. The highest BCUT2D eigenvalue weighted by Crippen LogP contribution is 2.23. The molecule has 3 nitrogen and oxygen atoms in total. The first-order chi connectivity index (χ1) is 9.28. The van der Waals surface area contributed by atoms with E-state index in [-0.39, 0.29) is 12.0 Å². The second-order valence-electron chi connectivity index (χ2n) is 4.35. The van der Waals surface area contributed by atoms with Gasteiger partial charge in [0.1, 0.15) is 5.58 Å². The molecule has 0 amide bonds. The Hall–Kier alpha value is -2.39. The van der Waals surface area contributed by atoms with Gasteiger partial charge in [0.25, 0.3) is 0 Å². The van der Waals surface area contributed by atoms with E-state index >= 15 is 0 Å². The van der Waals surface area contributed by atoms with Crippen LogP contribution < -0.4 is 5.43 Å². The molecule has 3 heteroatoms. The molecule has 0 aliphatic carbocycles. The zero-order valence-corrected chi connectivity index (χ0v) is 10.2. The van der Waals surface area contributed by atoms with Crippen molar-refractivity contribution in [2.45, 2.75) is 6.61 Å². The van der Waals surface area contributed by atoms with Crippen LogP contribution in [-0.4, -0.2) is 5.11 Å². The molecule has 2 aromatic carbocycles. The van der Waals surface area contributed by atoms with Gasteiger partial charge < -0.3 is 9.52 Å². The molecular weight excluding hydrogens is 240 g/mol. The fraction of sp³-hybridized carbons (Fsp3) is 0.0625. The van der Waals surface area contributed by atoms with Crippen molar-refractivity contribution in [2.24, 2.45) is 0 Å². The molecule has 3 rings (SSSR count). The van der Waals surface area contributed by atoms with Gasteiger partial charge in [0.15, 0.2) is 5.43 Å². The molecule has 0 aliphatic rings. The van der Waals surface area contributed by atoms with Gasteiger partial charge >= 0.3 is 0 Å². The lowest BCUT2D eigenvalue weighted by atomic mass is 10.0. The average Bonchev–Trinajstić information content (AvgIpc) is 2.47. The molecule has 3 aromatic rings. The zero-order chi connectivity index (χ0) is 13.2. The standard InChI is InChI=1S/C16H12O3/c17-10-11-2-1-3-12(8-11)13-4-5-16-14(9-13)15(18)6-7-19-16/h1-9,17H,10H2. The first kappa shape index (κ1) is 11.7. The van der Waals surface area contributed by atoms with Crippen LogP contribution in [0.15, 0.2) is 64.0 Å². The summed E-state index contributed by atoms with van der Waals surface area (Å²) in [6.45, 7) is 0.00353. The summed E-state index contributed by atoms with van der Waals surface area (Å²) in [5, 5.41) is 9.72. The number of benzene rings is 2. The lowest BCUT2D eigenvalue weighted by Crippen LogP contribution is -1.97. The molecule has 0 atom stereocenters. The Morgan fingerprint density at radius 1 is 1.00 bits per heavy atom. The highest BCUT2D eigenvalue weighted by molar-refractivity contribution is 5.82. The Bertz CT molecular complexity index is 787. The number of rotatable bonds is 2. The van der Waals surface area contributed by atoms with Gasteiger partial charge in [-0.2, -0.15) is 0 Å². The predicted molar refractivity (Wildman–Crippen MR) is 73.8 cm³/mol. The van der Waals surface area contributed by atoms with Crippen LogP contribution in [-0.2, 0) is 6.61 Å². The second kappa shape index (κ2) is 4.71. The predicted octanol–water partition coefficient (Wildman–Crippen LogP) is 2.95. The summed E-state index contributed by atoms with van der Waals surface area (Å²) in [5.41, 5.74) is 3.27. The number of fused-ring (bicyclic) bond motifs is 1. The van der Waals surface area contributed by atoms with Crippen LogP contribution in [0.25, 0.3) is 22.1 Å². The lowest BCUT2D eigenvalue weighted by Gasteiger charge is -2.05. The molecule has 0 saturated carbocycles. The molecule has 0 saturated heterocycles. The van der Waals surface area contributed by atoms with Crippen LogP contribution in [0.2, 0.25) is 0 Å². The van der Waals surface area contributed by atoms with Crippen LogP contribution in [0.4, 0.5) is 0 Å². The Balaban J connectivity index is 2.20. The number of aliphatic hydroxyl groups is 1. The minimum absolute atomic E-state index is 0.00353. The van der Waals surface area contributed by atoms with Gasteiger partial charge in [-0.15, -0.1) is 0 Å². The van der Waals surface area contributed by atoms with Crippen molar-refractivity contribution in [3.8, 4) is 11.1 Å². The van der Waals surface area contributed by atoms with Crippen LogP contribution >= 0.6 is 0 Å². The summed E-state index contributed by atoms with van der Waals surface area (Å²) in [7, 11) is 0. The first-order valence-corrected chi connectivity index (χ1v) is 6.00. The van der Waals surface area contributed by atoms with Crippen molar-refractivity contribution in [1.29, 1.82) is 0 Å². The molecule has 19 heavy (non-hydrogen) atoms. The summed E-state index contributed by atoms with van der Waals surface area (Å²) in [4.78, 5) is 11.8. The fourth-order valence-corrected chi connectivity index (χ4v) is 2.11. The first-order valence-electron chi connectivity index (χ1n) is 6.00. The van der Waals surface area contributed by atoms with Gasteiger partial charge in [0.05, 0.1) is 18.3 Å². The summed E-state index contributed by atoms with van der Waals surface area (Å²) < 4.78 is 5.29. The van der Waals surface area contributed by atoms with E-state index in [1.54, 1.807) is 6.07 Å². The molecule has 0 radical (unpaired) electrons. The van der Waals surface area contributed by atoms with Crippen molar-refractivity contribution in [1.82, 2.24) is 0 Å². The highest BCUT2D eigenvalue weighted by Gasteiger charge is 2.04. The Morgan fingerprint density at radius 3 is 2.68 bits per heavy atom. The Labute approximate surface area is 109 Å². The number of hydrogen-bond donors (Lipinski definition) is 1. The summed E-state index contributed by atoms with van der Waals surface area (Å²) in [6.07, 6.45) is 1.40. The van der Waals surface area contributed by atoms with E-state index in [0.717, 1.165) is 16.7 Å². The average molecular weight is 252 g/mol. The third-order valence-corrected chi connectivity index (χ3v) is 3.10. The quantitative estimate of drug-likeness (QED) is 0.762. The number of hydrogen-bond acceptors (Lipinski definition) is 3. The molecule has 1 aromatic heterocycles. The molecule has 0 bridgehead atoms. The summed E-state index contributed by atoms with van der Waals surface area (Å²) in [6, 6.07) is 14.5. The van der Waals surface area contributed by atoms with E-state index in [2.05, 4.69) is 0 Å². The van der Waals surface area contributed by atoms with E-state index in [1.807, 2.05) is 36.4 Å². The monoisotopic (exact) mass is 252 g/mol. The Morgan fingerprint density at radius 2 is 1.84 bits per heavy atom. The molecule has 0 spiro atoms. The van der Waals surface area contributed by atoms with Crippen molar-refractivity contribution in [2.75, 3.05) is 0 Å². The molecule has 94 valence electrons. The second-order valence-corrected chi connectivity index (χ2v) is 4.35. The van der Waals surface area contributed by atoms with E-state index in [0.29, 0.717) is 11.0 Å². The maximum absolute atomic E-state index is 11.8. The van der Waals surface area contributed by atoms with Gasteiger partial charge in [-0.3, -0.25) is 4.79 Å². The summed E-state index contributed by atoms with van der Waals surface area (Å²) >= 11 is 0. The van der Waals surface area contributed by atoms with Crippen molar-refractivity contribution >= 4 is 11.0 Å². The minimum atomic E-state index is -0.0542. The van der Waals surface area contributed by atoms with E-state index in [9.17, 15) is 4.79 Å². The molecule has 0 aliphatic heterocycles. The third-order valence-electron chi connectivity index (χ3n) is 3.10. The summed E-state index contributed by atoms with van der Waals surface area (Å²) in [5.74, 6) is 0. The maximum atomic E-state index is 11.8. The van der Waals surface area contributed by atoms with Crippen LogP contribution in [0, 0.1) is 0 Å². The van der Waals surface area contributed by atoms with Crippen molar-refractivity contribution in [3.05, 3.63) is 70.6 Å². The van der Waals surface area contributed by atoms with Gasteiger partial charge in [-0.25, -0.2) is 0 Å². The maximum Gasteiger partial charge on any atom is 0.192 e. The van der Waals surface area contributed by atoms with Gasteiger partial charge in [0.2, 0.25) is 0 Å². The Kier molecular flexibility index (Phi) is 2.89. The molecule has 1 heterocycles. The lowest BCUT2D eigenvalue weighted by molar-refractivity contribution is 0.282. The SMILES string of the molecule is O=c1ccoc2ccc(-c3cccc(CO)c3)cc12. The number of aliphatic hydroxyl groups excluding tert-OH is 1. The van der Waals surface area contributed by atoms with Crippen LogP contribution in [0.3, 0.4) is 0 Å². The molecule has 1 N–H and O–H groups in total. The topological polar surface area (TPSA) is 50.4 Å². The third kappa shape index (κ3) is 2.16. The van der Waals surface area contributed by atoms with E-state index in [1.165, 1.54) is 12.3 Å². The van der Waals surface area contributed by atoms with Crippen molar-refractivity contribution < 1.29 is 9.52 Å². The van der Waals surface area contributed by atoms with E-state index in [4.69, 9.17) is 9.52 Å². The molecular formula is C16H12O3. The fourth-order valence-electron chi connectivity index (χ4n) is 2.11.